The number of carboxylic acid groups (broad SMARTS) is 1. The fourth-order valence-corrected chi connectivity index (χ4v) is 3.30. The van der Waals surface area contributed by atoms with Crippen LogP contribution in [0.5, 0.6) is 0 Å². The highest BCUT2D eigenvalue weighted by Gasteiger charge is 2.24. The number of carboxylic acids is 1. The summed E-state index contributed by atoms with van der Waals surface area (Å²) in [6.07, 6.45) is 0.891. The number of carbonyl (C=O) groups is 1. The number of hydrogen-bond donors (Lipinski definition) is 1. The second-order valence-corrected chi connectivity index (χ2v) is 5.28. The molecule has 0 aliphatic carbocycles. The van der Waals surface area contributed by atoms with Crippen LogP contribution in [0.25, 0.3) is 0 Å². The van der Waals surface area contributed by atoms with Gasteiger partial charge in [0.05, 0.1) is 5.56 Å². The van der Waals surface area contributed by atoms with Crippen molar-refractivity contribution in [2.75, 3.05) is 0 Å². The number of hydrogen-bond acceptors (Lipinski definition) is 4. The standard InChI is InChI=1S/C8H4INO5S/c9-6-3-1-2-5(8(12)13)7(6)16(14,15)10-4-11/h1-3H,(H,12,13). The van der Waals surface area contributed by atoms with Crippen molar-refractivity contribution in [3.8, 4) is 0 Å². The SMILES string of the molecule is O=C=NS(=O)(=O)c1c(I)cccc1C(=O)O. The third-order valence-electron chi connectivity index (χ3n) is 1.61. The molecule has 0 radical (unpaired) electrons. The third-order valence-corrected chi connectivity index (χ3v) is 4.15. The van der Waals surface area contributed by atoms with Gasteiger partial charge in [0.25, 0.3) is 16.1 Å². The molecule has 8 heteroatoms. The van der Waals surface area contributed by atoms with Gasteiger partial charge in [-0.25, -0.2) is 9.59 Å². The minimum absolute atomic E-state index is 0.177. The average Bonchev–Trinajstić information content (AvgIpc) is 2.16. The molecule has 1 rings (SSSR count). The molecule has 0 bridgehead atoms. The van der Waals surface area contributed by atoms with Gasteiger partial charge in [-0.2, -0.15) is 8.42 Å². The molecule has 84 valence electrons. The summed E-state index contributed by atoms with van der Waals surface area (Å²) in [7, 11) is -4.30. The lowest BCUT2D eigenvalue weighted by Crippen LogP contribution is -2.09. The molecule has 0 saturated carbocycles. The topological polar surface area (TPSA) is 101 Å². The molecule has 0 aromatic heterocycles. The van der Waals surface area contributed by atoms with E-state index in [2.05, 4.69) is 4.40 Å². The van der Waals surface area contributed by atoms with E-state index in [0.29, 0.717) is 0 Å². The number of aromatic carboxylic acids is 1. The maximum Gasteiger partial charge on any atom is 0.337 e. The lowest BCUT2D eigenvalue weighted by molar-refractivity contribution is 0.0692. The van der Waals surface area contributed by atoms with E-state index >= 15 is 0 Å². The highest BCUT2D eigenvalue weighted by Crippen LogP contribution is 2.24. The Hall–Kier alpha value is -1.25. The summed E-state index contributed by atoms with van der Waals surface area (Å²) < 4.78 is 25.8. The van der Waals surface area contributed by atoms with Gasteiger partial charge < -0.3 is 5.11 Å². The van der Waals surface area contributed by atoms with Crippen LogP contribution in [-0.2, 0) is 14.8 Å². The van der Waals surface area contributed by atoms with Crippen molar-refractivity contribution in [3.05, 3.63) is 27.3 Å². The molecule has 0 aliphatic rings. The monoisotopic (exact) mass is 353 g/mol. The minimum atomic E-state index is -4.30. The minimum Gasteiger partial charge on any atom is -0.478 e. The average molecular weight is 353 g/mol. The first kappa shape index (κ1) is 12.8. The quantitative estimate of drug-likeness (QED) is 0.497. The van der Waals surface area contributed by atoms with Gasteiger partial charge in [-0.05, 0) is 34.7 Å². The van der Waals surface area contributed by atoms with Crippen LogP contribution < -0.4 is 0 Å². The maximum absolute atomic E-state index is 11.5. The van der Waals surface area contributed by atoms with Crippen molar-refractivity contribution in [1.29, 1.82) is 0 Å². The third kappa shape index (κ3) is 2.46. The van der Waals surface area contributed by atoms with Crippen molar-refractivity contribution in [1.82, 2.24) is 0 Å². The first-order valence-electron chi connectivity index (χ1n) is 3.76. The summed E-state index contributed by atoms with van der Waals surface area (Å²) >= 11 is 1.65. The van der Waals surface area contributed by atoms with Crippen LogP contribution in [0.15, 0.2) is 27.5 Å². The van der Waals surface area contributed by atoms with Gasteiger partial charge in [0, 0.05) is 3.57 Å². The zero-order valence-corrected chi connectivity index (χ0v) is 10.5. The lowest BCUT2D eigenvalue weighted by atomic mass is 10.2. The zero-order chi connectivity index (χ0) is 12.3. The Bertz CT molecular complexity index is 588. The Morgan fingerprint density at radius 1 is 1.44 bits per heavy atom. The molecule has 0 fully saturated rings. The molecular weight excluding hydrogens is 349 g/mol. The molecule has 1 aromatic rings. The first-order chi connectivity index (χ1) is 7.40. The van der Waals surface area contributed by atoms with E-state index in [1.165, 1.54) is 12.1 Å². The van der Waals surface area contributed by atoms with E-state index in [-0.39, 0.29) is 3.57 Å². The molecule has 0 aliphatic heterocycles. The summed E-state index contributed by atoms with van der Waals surface area (Å²) in [5.41, 5.74) is -0.425. The van der Waals surface area contributed by atoms with Gasteiger partial charge in [0.2, 0.25) is 0 Å². The Labute approximate surface area is 104 Å². The second kappa shape index (κ2) is 4.73. The first-order valence-corrected chi connectivity index (χ1v) is 6.28. The van der Waals surface area contributed by atoms with Gasteiger partial charge in [0.1, 0.15) is 4.90 Å². The van der Waals surface area contributed by atoms with Crippen molar-refractivity contribution >= 4 is 44.7 Å². The van der Waals surface area contributed by atoms with E-state index in [0.717, 1.165) is 12.1 Å². The van der Waals surface area contributed by atoms with Crippen molar-refractivity contribution in [2.45, 2.75) is 4.90 Å². The Morgan fingerprint density at radius 3 is 2.56 bits per heavy atom. The fraction of sp³-hybridized carbons (Fsp3) is 0. The Morgan fingerprint density at radius 2 is 2.06 bits per heavy atom. The molecule has 0 heterocycles. The summed E-state index contributed by atoms with van der Waals surface area (Å²) in [5, 5.41) is 8.81. The highest BCUT2D eigenvalue weighted by molar-refractivity contribution is 14.1. The summed E-state index contributed by atoms with van der Waals surface area (Å²) in [6, 6.07) is 3.92. The summed E-state index contributed by atoms with van der Waals surface area (Å²) in [6.45, 7) is 0. The molecule has 0 unspecified atom stereocenters. The zero-order valence-electron chi connectivity index (χ0n) is 7.55. The number of sulfonamides is 1. The van der Waals surface area contributed by atoms with Crippen LogP contribution in [0.2, 0.25) is 0 Å². The summed E-state index contributed by atoms with van der Waals surface area (Å²) in [5.74, 6) is -1.40. The number of nitrogens with zero attached hydrogens (tertiary/aromatic N) is 1. The van der Waals surface area contributed by atoms with E-state index in [1.807, 2.05) is 0 Å². The molecule has 6 nitrogen and oxygen atoms in total. The number of isocyanates is 1. The normalized spacial score (nSPS) is 10.6. The molecule has 0 spiro atoms. The Kier molecular flexibility index (Phi) is 3.79. The van der Waals surface area contributed by atoms with Crippen molar-refractivity contribution in [2.24, 2.45) is 4.40 Å². The Balaban J connectivity index is 3.67. The number of carbonyl (C=O) groups excluding carboxylic acids is 1. The van der Waals surface area contributed by atoms with Gasteiger partial charge in [-0.15, -0.1) is 0 Å². The second-order valence-electron chi connectivity index (χ2n) is 2.58. The molecule has 1 aromatic carbocycles. The molecule has 16 heavy (non-hydrogen) atoms. The van der Waals surface area contributed by atoms with Gasteiger partial charge >= 0.3 is 5.97 Å². The number of rotatable bonds is 3. The van der Waals surface area contributed by atoms with Crippen LogP contribution in [0.1, 0.15) is 10.4 Å². The van der Waals surface area contributed by atoms with Crippen LogP contribution >= 0.6 is 22.6 Å². The van der Waals surface area contributed by atoms with E-state index in [1.54, 1.807) is 22.6 Å². The van der Waals surface area contributed by atoms with Crippen LogP contribution in [-0.4, -0.2) is 25.6 Å². The van der Waals surface area contributed by atoms with Crippen LogP contribution in [0.3, 0.4) is 0 Å². The summed E-state index contributed by atoms with van der Waals surface area (Å²) in [4.78, 5) is 20.3. The predicted octanol–water partition coefficient (Wildman–Crippen LogP) is 1.01. The number of halogens is 1. The van der Waals surface area contributed by atoms with E-state index in [4.69, 9.17) is 5.11 Å². The maximum atomic E-state index is 11.5. The van der Waals surface area contributed by atoms with Gasteiger partial charge in [-0.3, -0.25) is 0 Å². The predicted molar refractivity (Wildman–Crippen MR) is 61.4 cm³/mol. The molecule has 0 atom stereocenters. The molecule has 0 saturated heterocycles. The lowest BCUT2D eigenvalue weighted by Gasteiger charge is -2.04. The fourth-order valence-electron chi connectivity index (χ4n) is 1.03. The van der Waals surface area contributed by atoms with Gasteiger partial charge in [-0.1, -0.05) is 10.5 Å². The van der Waals surface area contributed by atoms with Crippen molar-refractivity contribution in [3.63, 3.8) is 0 Å². The molecule has 0 amide bonds. The van der Waals surface area contributed by atoms with Crippen molar-refractivity contribution < 1.29 is 23.1 Å². The van der Waals surface area contributed by atoms with E-state index in [9.17, 15) is 18.0 Å². The highest BCUT2D eigenvalue weighted by atomic mass is 127. The van der Waals surface area contributed by atoms with Gasteiger partial charge in [0.15, 0.2) is 0 Å². The smallest absolute Gasteiger partial charge is 0.337 e. The van der Waals surface area contributed by atoms with Crippen LogP contribution in [0.4, 0.5) is 0 Å². The molecular formula is C8H4INO5S. The number of benzene rings is 1. The van der Waals surface area contributed by atoms with E-state index < -0.39 is 26.5 Å². The largest absolute Gasteiger partial charge is 0.478 e. The van der Waals surface area contributed by atoms with Crippen LogP contribution in [0, 0.1) is 3.57 Å². The molecule has 1 N–H and O–H groups in total.